The van der Waals surface area contributed by atoms with Crippen molar-refractivity contribution in [1.82, 2.24) is 10.3 Å². The van der Waals surface area contributed by atoms with Crippen LogP contribution in [0.5, 0.6) is 5.75 Å². The number of thiazole rings is 1. The van der Waals surface area contributed by atoms with Gasteiger partial charge in [-0.25, -0.2) is 4.98 Å². The van der Waals surface area contributed by atoms with Crippen molar-refractivity contribution in [2.45, 2.75) is 26.9 Å². The van der Waals surface area contributed by atoms with Gasteiger partial charge in [0.05, 0.1) is 19.4 Å². The second-order valence-electron chi connectivity index (χ2n) is 6.35. The molecule has 5 nitrogen and oxygen atoms in total. The van der Waals surface area contributed by atoms with Crippen molar-refractivity contribution in [3.8, 4) is 16.3 Å². The van der Waals surface area contributed by atoms with E-state index in [0.29, 0.717) is 4.88 Å². The lowest BCUT2D eigenvalue weighted by molar-refractivity contribution is 0.0588. The third-order valence-electron chi connectivity index (χ3n) is 3.52. The molecular formula is C17H22N2O3S. The number of carbonyl (C=O) groups is 1. The van der Waals surface area contributed by atoms with Gasteiger partial charge in [0.1, 0.15) is 15.6 Å². The van der Waals surface area contributed by atoms with Gasteiger partial charge in [0.2, 0.25) is 0 Å². The molecule has 0 aliphatic rings. The van der Waals surface area contributed by atoms with Crippen LogP contribution < -0.4 is 10.1 Å². The topological polar surface area (TPSA) is 71.5 Å². The van der Waals surface area contributed by atoms with E-state index in [1.807, 2.05) is 45.0 Å². The van der Waals surface area contributed by atoms with Crippen LogP contribution in [-0.2, 0) is 0 Å². The summed E-state index contributed by atoms with van der Waals surface area (Å²) < 4.78 is 5.13. The molecular weight excluding hydrogens is 312 g/mol. The molecule has 0 spiro atoms. The van der Waals surface area contributed by atoms with Gasteiger partial charge in [0.25, 0.3) is 5.91 Å². The van der Waals surface area contributed by atoms with Crippen LogP contribution in [0.1, 0.15) is 30.4 Å². The van der Waals surface area contributed by atoms with Gasteiger partial charge in [-0.1, -0.05) is 20.8 Å². The number of hydrogen-bond donors (Lipinski definition) is 2. The molecule has 124 valence electrons. The minimum Gasteiger partial charge on any atom is -0.497 e. The molecule has 2 N–H and O–H groups in total. The third kappa shape index (κ3) is 4.53. The molecule has 1 amide bonds. The zero-order chi connectivity index (χ0) is 17.0. The summed E-state index contributed by atoms with van der Waals surface area (Å²) in [5.41, 5.74) is 0.666. The Morgan fingerprint density at radius 2 is 2.00 bits per heavy atom. The number of aliphatic hydroxyl groups excluding tert-OH is 1. The van der Waals surface area contributed by atoms with Crippen molar-refractivity contribution < 1.29 is 14.6 Å². The van der Waals surface area contributed by atoms with Gasteiger partial charge in [-0.15, -0.1) is 11.3 Å². The van der Waals surface area contributed by atoms with Crippen LogP contribution >= 0.6 is 11.3 Å². The molecule has 0 saturated carbocycles. The number of aliphatic hydroxyl groups is 1. The number of rotatable bonds is 5. The lowest BCUT2D eigenvalue weighted by atomic mass is 9.89. The quantitative estimate of drug-likeness (QED) is 0.882. The molecule has 0 bridgehead atoms. The summed E-state index contributed by atoms with van der Waals surface area (Å²) in [6, 6.07) is 7.53. The lowest BCUT2D eigenvalue weighted by Crippen LogP contribution is -2.39. The molecule has 1 unspecified atom stereocenters. The molecule has 2 rings (SSSR count). The highest BCUT2D eigenvalue weighted by Crippen LogP contribution is 2.27. The first-order valence-corrected chi connectivity index (χ1v) is 8.19. The summed E-state index contributed by atoms with van der Waals surface area (Å²) in [5, 5.41) is 13.5. The maximum Gasteiger partial charge on any atom is 0.263 e. The van der Waals surface area contributed by atoms with Gasteiger partial charge < -0.3 is 15.2 Å². The van der Waals surface area contributed by atoms with Gasteiger partial charge in [-0.2, -0.15) is 0 Å². The van der Waals surface area contributed by atoms with Crippen LogP contribution in [0.3, 0.4) is 0 Å². The van der Waals surface area contributed by atoms with E-state index in [4.69, 9.17) is 4.74 Å². The highest BCUT2D eigenvalue weighted by atomic mass is 32.1. The van der Waals surface area contributed by atoms with Crippen molar-refractivity contribution in [3.63, 3.8) is 0 Å². The number of hydrogen-bond acceptors (Lipinski definition) is 5. The largest absolute Gasteiger partial charge is 0.497 e. The Kier molecular flexibility index (Phi) is 5.38. The highest BCUT2D eigenvalue weighted by Gasteiger charge is 2.23. The van der Waals surface area contributed by atoms with E-state index in [9.17, 15) is 9.90 Å². The molecule has 0 aliphatic carbocycles. The number of carbonyl (C=O) groups excluding carboxylic acids is 1. The highest BCUT2D eigenvalue weighted by molar-refractivity contribution is 7.16. The number of aromatic nitrogens is 1. The molecule has 1 heterocycles. The molecule has 2 aromatic rings. The van der Waals surface area contributed by atoms with Crippen molar-refractivity contribution in [1.29, 1.82) is 0 Å². The maximum atomic E-state index is 12.1. The Morgan fingerprint density at radius 3 is 2.57 bits per heavy atom. The lowest BCUT2D eigenvalue weighted by Gasteiger charge is -2.25. The first-order valence-electron chi connectivity index (χ1n) is 7.38. The van der Waals surface area contributed by atoms with Gasteiger partial charge in [0, 0.05) is 12.1 Å². The van der Waals surface area contributed by atoms with E-state index in [2.05, 4.69) is 10.3 Å². The zero-order valence-corrected chi connectivity index (χ0v) is 14.6. The summed E-state index contributed by atoms with van der Waals surface area (Å²) in [4.78, 5) is 17.0. The van der Waals surface area contributed by atoms with Crippen molar-refractivity contribution in [2.24, 2.45) is 5.41 Å². The zero-order valence-electron chi connectivity index (χ0n) is 13.8. The number of ether oxygens (including phenoxy) is 1. The summed E-state index contributed by atoms with van der Waals surface area (Å²) in [5.74, 6) is 0.560. The van der Waals surface area contributed by atoms with Crippen LogP contribution in [0.2, 0.25) is 0 Å². The standard InChI is InChI=1S/C17H22N2O3S/c1-17(2,3)14(20)10-18-15(21)13-9-19-16(23-13)11-5-7-12(22-4)8-6-11/h5-9,14,20H,10H2,1-4H3,(H,18,21). The number of nitrogens with one attached hydrogen (secondary N) is 1. The minimum absolute atomic E-state index is 0.217. The van der Waals surface area contributed by atoms with Crippen LogP contribution in [0.25, 0.3) is 10.6 Å². The number of benzene rings is 1. The molecule has 1 aromatic heterocycles. The Hall–Kier alpha value is -1.92. The van der Waals surface area contributed by atoms with E-state index < -0.39 is 6.10 Å². The Bertz CT molecular complexity index is 659. The summed E-state index contributed by atoms with van der Waals surface area (Å²) in [6.45, 7) is 6.01. The van der Waals surface area contributed by atoms with Crippen molar-refractivity contribution in [2.75, 3.05) is 13.7 Å². The summed E-state index contributed by atoms with van der Waals surface area (Å²) in [7, 11) is 1.62. The van der Waals surface area contributed by atoms with E-state index >= 15 is 0 Å². The van der Waals surface area contributed by atoms with Gasteiger partial charge >= 0.3 is 0 Å². The molecule has 23 heavy (non-hydrogen) atoms. The summed E-state index contributed by atoms with van der Waals surface area (Å²) >= 11 is 1.32. The fourth-order valence-electron chi connectivity index (χ4n) is 1.83. The predicted molar refractivity (Wildman–Crippen MR) is 91.9 cm³/mol. The van der Waals surface area contributed by atoms with Gasteiger partial charge in [-0.3, -0.25) is 4.79 Å². The van der Waals surface area contributed by atoms with Gasteiger partial charge in [-0.05, 0) is 29.7 Å². The van der Waals surface area contributed by atoms with Crippen LogP contribution in [0.4, 0.5) is 0 Å². The SMILES string of the molecule is COc1ccc(-c2ncc(C(=O)NCC(O)C(C)(C)C)s2)cc1. The normalized spacial score (nSPS) is 12.7. The van der Waals surface area contributed by atoms with Crippen LogP contribution in [0, 0.1) is 5.41 Å². The first-order chi connectivity index (χ1) is 10.8. The third-order valence-corrected chi connectivity index (χ3v) is 4.57. The molecule has 0 fully saturated rings. The number of amides is 1. The fourth-order valence-corrected chi connectivity index (χ4v) is 2.67. The Morgan fingerprint density at radius 1 is 1.35 bits per heavy atom. The molecule has 0 radical (unpaired) electrons. The summed E-state index contributed by atoms with van der Waals surface area (Å²) in [6.07, 6.45) is 0.962. The van der Waals surface area contributed by atoms with Crippen molar-refractivity contribution >= 4 is 17.2 Å². The van der Waals surface area contributed by atoms with E-state index in [1.54, 1.807) is 13.3 Å². The average Bonchev–Trinajstić information content (AvgIpc) is 3.01. The second-order valence-corrected chi connectivity index (χ2v) is 7.38. The Balaban J connectivity index is 2.02. The second kappa shape index (κ2) is 7.10. The number of methoxy groups -OCH3 is 1. The Labute approximate surface area is 140 Å². The molecule has 1 aromatic carbocycles. The van der Waals surface area contributed by atoms with Crippen LogP contribution in [-0.4, -0.2) is 35.8 Å². The molecule has 6 heteroatoms. The monoisotopic (exact) mass is 334 g/mol. The van der Waals surface area contributed by atoms with E-state index in [-0.39, 0.29) is 17.9 Å². The first kappa shape index (κ1) is 17.4. The number of nitrogens with zero attached hydrogens (tertiary/aromatic N) is 1. The predicted octanol–water partition coefficient (Wildman–Crippen LogP) is 2.96. The van der Waals surface area contributed by atoms with Gasteiger partial charge in [0.15, 0.2) is 0 Å². The smallest absolute Gasteiger partial charge is 0.263 e. The van der Waals surface area contributed by atoms with E-state index in [1.165, 1.54) is 11.3 Å². The minimum atomic E-state index is -0.597. The molecule has 1 atom stereocenters. The molecule has 0 aliphatic heterocycles. The maximum absolute atomic E-state index is 12.1. The molecule has 0 saturated heterocycles. The van der Waals surface area contributed by atoms with Crippen molar-refractivity contribution in [3.05, 3.63) is 35.3 Å². The van der Waals surface area contributed by atoms with E-state index in [0.717, 1.165) is 16.3 Å². The fraction of sp³-hybridized carbons (Fsp3) is 0.412. The van der Waals surface area contributed by atoms with Crippen LogP contribution in [0.15, 0.2) is 30.5 Å². The average molecular weight is 334 g/mol.